The normalized spacial score (nSPS) is 15.0. The van der Waals surface area contributed by atoms with Gasteiger partial charge in [0, 0.05) is 12.3 Å². The summed E-state index contributed by atoms with van der Waals surface area (Å²) in [5, 5.41) is 0. The zero-order valence-electron chi connectivity index (χ0n) is 9.91. The summed E-state index contributed by atoms with van der Waals surface area (Å²) in [6, 6.07) is 0.372. The number of hydrogen-bond acceptors (Lipinski definition) is 1. The maximum absolute atomic E-state index is 4.26. The lowest BCUT2D eigenvalue weighted by molar-refractivity contribution is 0.842. The van der Waals surface area contributed by atoms with Crippen molar-refractivity contribution in [2.45, 2.75) is 40.7 Å². The van der Waals surface area contributed by atoms with Gasteiger partial charge in [0.15, 0.2) is 0 Å². The van der Waals surface area contributed by atoms with Gasteiger partial charge in [-0.2, -0.15) is 0 Å². The first-order chi connectivity index (χ1) is 6.61. The molecule has 0 heterocycles. The molecule has 0 unspecified atom stereocenters. The lowest BCUT2D eigenvalue weighted by Gasteiger charge is -1.99. The van der Waals surface area contributed by atoms with E-state index in [1.165, 1.54) is 11.1 Å². The van der Waals surface area contributed by atoms with Gasteiger partial charge >= 0.3 is 0 Å². The molecule has 0 saturated heterocycles. The molecule has 0 aromatic carbocycles. The third-order valence-corrected chi connectivity index (χ3v) is 1.95. The van der Waals surface area contributed by atoms with Gasteiger partial charge in [-0.3, -0.25) is 4.99 Å². The minimum absolute atomic E-state index is 0.372. The highest BCUT2D eigenvalue weighted by Crippen LogP contribution is 2.09. The van der Waals surface area contributed by atoms with Crippen LogP contribution in [0.5, 0.6) is 0 Å². The van der Waals surface area contributed by atoms with E-state index in [1.54, 1.807) is 0 Å². The van der Waals surface area contributed by atoms with Gasteiger partial charge in [-0.05, 0) is 51.8 Å². The summed E-state index contributed by atoms with van der Waals surface area (Å²) in [7, 11) is 0. The largest absolute Gasteiger partial charge is 0.290 e. The maximum atomic E-state index is 4.26. The molecule has 0 bridgehead atoms. The van der Waals surface area contributed by atoms with Crippen molar-refractivity contribution in [2.24, 2.45) is 4.99 Å². The van der Waals surface area contributed by atoms with E-state index < -0.39 is 0 Å². The number of rotatable bonds is 4. The minimum atomic E-state index is 0.372. The second-order valence-electron chi connectivity index (χ2n) is 3.47. The van der Waals surface area contributed by atoms with Crippen molar-refractivity contribution in [2.75, 3.05) is 0 Å². The van der Waals surface area contributed by atoms with Gasteiger partial charge < -0.3 is 0 Å². The lowest BCUT2D eigenvalue weighted by atomic mass is 10.1. The summed E-state index contributed by atoms with van der Waals surface area (Å²) in [5.41, 5.74) is 2.55. The molecule has 0 spiro atoms. The Hall–Kier alpha value is -1.11. The number of nitrogens with zero attached hydrogens (tertiary/aromatic N) is 1. The second kappa shape index (κ2) is 7.31. The van der Waals surface area contributed by atoms with E-state index in [0.29, 0.717) is 6.04 Å². The van der Waals surface area contributed by atoms with E-state index in [2.05, 4.69) is 50.9 Å². The topological polar surface area (TPSA) is 12.4 Å². The molecule has 1 heteroatoms. The summed E-state index contributed by atoms with van der Waals surface area (Å²) in [5.74, 6) is 0. The fraction of sp³-hybridized carbons (Fsp3) is 0.462. The molecule has 0 aromatic rings. The van der Waals surface area contributed by atoms with Crippen molar-refractivity contribution in [1.29, 1.82) is 0 Å². The van der Waals surface area contributed by atoms with Crippen LogP contribution in [0.3, 0.4) is 0 Å². The van der Waals surface area contributed by atoms with Crippen LogP contribution in [-0.4, -0.2) is 12.3 Å². The summed E-state index contributed by atoms with van der Waals surface area (Å²) in [4.78, 5) is 4.26. The van der Waals surface area contributed by atoms with Crippen LogP contribution in [0.25, 0.3) is 0 Å². The maximum Gasteiger partial charge on any atom is 0.0443 e. The molecular weight excluding hydrogens is 170 g/mol. The molecule has 0 radical (unpaired) electrons. The van der Waals surface area contributed by atoms with Gasteiger partial charge in [0.1, 0.15) is 0 Å². The molecule has 0 aliphatic rings. The average molecular weight is 191 g/mol. The van der Waals surface area contributed by atoms with Crippen molar-refractivity contribution in [1.82, 2.24) is 0 Å². The van der Waals surface area contributed by atoms with Gasteiger partial charge in [-0.25, -0.2) is 0 Å². The Morgan fingerprint density at radius 2 is 1.79 bits per heavy atom. The van der Waals surface area contributed by atoms with Crippen molar-refractivity contribution in [3.05, 3.63) is 35.5 Å². The molecule has 0 atom stereocenters. The van der Waals surface area contributed by atoms with E-state index in [4.69, 9.17) is 0 Å². The summed E-state index contributed by atoms with van der Waals surface area (Å²) in [6.45, 7) is 10.3. The summed E-state index contributed by atoms with van der Waals surface area (Å²) in [6.07, 6.45) is 10.1. The van der Waals surface area contributed by atoms with E-state index in [0.717, 1.165) is 0 Å². The highest BCUT2D eigenvalue weighted by molar-refractivity contribution is 5.72. The van der Waals surface area contributed by atoms with Crippen LogP contribution in [-0.2, 0) is 0 Å². The second-order valence-corrected chi connectivity index (χ2v) is 3.47. The van der Waals surface area contributed by atoms with Gasteiger partial charge in [-0.15, -0.1) is 0 Å². The molecule has 0 amide bonds. The predicted octanol–water partition coefficient (Wildman–Crippen LogP) is 3.93. The average Bonchev–Trinajstić information content (AvgIpc) is 2.16. The Morgan fingerprint density at radius 1 is 1.14 bits per heavy atom. The molecule has 0 fully saturated rings. The van der Waals surface area contributed by atoms with E-state index >= 15 is 0 Å². The highest BCUT2D eigenvalue weighted by atomic mass is 14.7. The van der Waals surface area contributed by atoms with Crippen molar-refractivity contribution in [3.8, 4) is 0 Å². The Bertz CT molecular complexity index is 265. The monoisotopic (exact) mass is 191 g/mol. The molecule has 0 saturated carbocycles. The Morgan fingerprint density at radius 3 is 2.21 bits per heavy atom. The van der Waals surface area contributed by atoms with E-state index in [9.17, 15) is 0 Å². The Kier molecular flexibility index (Phi) is 6.73. The zero-order chi connectivity index (χ0) is 11.0. The smallest absolute Gasteiger partial charge is 0.0443 e. The zero-order valence-corrected chi connectivity index (χ0v) is 9.91. The van der Waals surface area contributed by atoms with Crippen LogP contribution in [0.4, 0.5) is 0 Å². The molecule has 0 rings (SSSR count). The van der Waals surface area contributed by atoms with Gasteiger partial charge in [-0.1, -0.05) is 18.2 Å². The fourth-order valence-corrected chi connectivity index (χ4v) is 0.991. The lowest BCUT2D eigenvalue weighted by Crippen LogP contribution is -1.87. The van der Waals surface area contributed by atoms with Gasteiger partial charge in [0.2, 0.25) is 0 Å². The molecular formula is C13H21N. The van der Waals surface area contributed by atoms with Crippen molar-refractivity contribution >= 4 is 6.21 Å². The number of hydrogen-bond donors (Lipinski definition) is 0. The van der Waals surface area contributed by atoms with E-state index in [-0.39, 0.29) is 0 Å². The van der Waals surface area contributed by atoms with Crippen LogP contribution < -0.4 is 0 Å². The van der Waals surface area contributed by atoms with Crippen LogP contribution in [0.2, 0.25) is 0 Å². The van der Waals surface area contributed by atoms with Crippen molar-refractivity contribution in [3.63, 3.8) is 0 Å². The molecule has 14 heavy (non-hydrogen) atoms. The molecule has 1 nitrogen and oxygen atoms in total. The van der Waals surface area contributed by atoms with E-state index in [1.807, 2.05) is 19.2 Å². The van der Waals surface area contributed by atoms with Crippen LogP contribution in [0, 0.1) is 0 Å². The number of aliphatic imine (C=N–C) groups is 1. The third-order valence-electron chi connectivity index (χ3n) is 1.95. The third kappa shape index (κ3) is 5.52. The highest BCUT2D eigenvalue weighted by Gasteiger charge is 1.90. The molecule has 0 aliphatic carbocycles. The van der Waals surface area contributed by atoms with Gasteiger partial charge in [0.25, 0.3) is 0 Å². The first-order valence-corrected chi connectivity index (χ1v) is 5.11. The first kappa shape index (κ1) is 12.9. The SMILES string of the molecule is C\C=C(C)/C(=C\C)/C=C/C=NC(C)C. The van der Waals surface area contributed by atoms with Crippen LogP contribution >= 0.6 is 0 Å². The summed E-state index contributed by atoms with van der Waals surface area (Å²) < 4.78 is 0. The molecule has 0 aromatic heterocycles. The quantitative estimate of drug-likeness (QED) is 0.471. The van der Waals surface area contributed by atoms with Crippen LogP contribution in [0.15, 0.2) is 40.4 Å². The summed E-state index contributed by atoms with van der Waals surface area (Å²) >= 11 is 0. The minimum Gasteiger partial charge on any atom is -0.290 e. The fourth-order valence-electron chi connectivity index (χ4n) is 0.991. The number of allylic oxidation sites excluding steroid dienone is 6. The standard InChI is InChI=1S/C13H21N/c1-6-12(5)13(7-2)9-8-10-14-11(3)4/h6-11H,1-5H3/b9-8+,12-6-,13-7-,14-10?. The first-order valence-electron chi connectivity index (χ1n) is 5.11. The Balaban J connectivity index is 4.35. The van der Waals surface area contributed by atoms with Crippen LogP contribution in [0.1, 0.15) is 34.6 Å². The van der Waals surface area contributed by atoms with Crippen molar-refractivity contribution < 1.29 is 0 Å². The molecule has 78 valence electrons. The van der Waals surface area contributed by atoms with Gasteiger partial charge in [0.05, 0.1) is 0 Å². The molecule has 0 aliphatic heterocycles. The molecule has 0 N–H and O–H groups in total. The predicted molar refractivity (Wildman–Crippen MR) is 66.0 cm³/mol. The Labute approximate surface area is 87.9 Å².